The number of nitrogens with zero attached hydrogens (tertiary/aromatic N) is 1. The zero-order valence-electron chi connectivity index (χ0n) is 11.4. The second-order valence-corrected chi connectivity index (χ2v) is 5.31. The van der Waals surface area contributed by atoms with Gasteiger partial charge in [0.2, 0.25) is 11.8 Å². The van der Waals surface area contributed by atoms with Gasteiger partial charge in [-0.25, -0.2) is 4.98 Å². The maximum absolute atomic E-state index is 11.8. The minimum absolute atomic E-state index is 0.0878. The van der Waals surface area contributed by atoms with Crippen LogP contribution in [0.4, 0.5) is 5.69 Å². The number of hydrogen-bond donors (Lipinski definition) is 2. The van der Waals surface area contributed by atoms with Crippen LogP contribution in [0.5, 0.6) is 5.88 Å². The van der Waals surface area contributed by atoms with Gasteiger partial charge in [0.15, 0.2) is 0 Å². The van der Waals surface area contributed by atoms with Crippen molar-refractivity contribution in [1.82, 2.24) is 4.98 Å². The molecule has 0 bridgehead atoms. The highest BCUT2D eigenvalue weighted by molar-refractivity contribution is 5.90. The minimum atomic E-state index is -0.177. The number of rotatable bonds is 4. The van der Waals surface area contributed by atoms with Gasteiger partial charge < -0.3 is 15.8 Å². The maximum Gasteiger partial charge on any atom is 0.225 e. The van der Waals surface area contributed by atoms with Crippen molar-refractivity contribution in [1.29, 1.82) is 0 Å². The molecule has 18 heavy (non-hydrogen) atoms. The molecule has 1 atom stereocenters. The molecule has 0 aliphatic carbocycles. The number of pyridine rings is 1. The summed E-state index contributed by atoms with van der Waals surface area (Å²) in [6.45, 7) is 6.04. The van der Waals surface area contributed by atoms with Gasteiger partial charge >= 0.3 is 0 Å². The van der Waals surface area contributed by atoms with Crippen molar-refractivity contribution < 1.29 is 9.53 Å². The largest absolute Gasteiger partial charge is 0.481 e. The van der Waals surface area contributed by atoms with E-state index in [1.165, 1.54) is 0 Å². The van der Waals surface area contributed by atoms with E-state index in [2.05, 4.69) is 10.3 Å². The third kappa shape index (κ3) is 4.33. The Labute approximate surface area is 108 Å². The molecule has 5 heteroatoms. The summed E-state index contributed by atoms with van der Waals surface area (Å²) in [6.07, 6.45) is 1.84. The lowest BCUT2D eigenvalue weighted by Gasteiger charge is -2.26. The van der Waals surface area contributed by atoms with Gasteiger partial charge in [0.05, 0.1) is 19.0 Å². The number of methoxy groups -OCH3 is 1. The van der Waals surface area contributed by atoms with E-state index in [9.17, 15) is 4.79 Å². The van der Waals surface area contributed by atoms with Crippen molar-refractivity contribution >= 4 is 11.6 Å². The highest BCUT2D eigenvalue weighted by atomic mass is 16.5. The molecular weight excluding hydrogens is 230 g/mol. The molecule has 0 spiro atoms. The summed E-state index contributed by atoms with van der Waals surface area (Å²) in [6, 6.07) is 3.26. The van der Waals surface area contributed by atoms with Gasteiger partial charge in [-0.1, -0.05) is 20.8 Å². The smallest absolute Gasteiger partial charge is 0.225 e. The van der Waals surface area contributed by atoms with Crippen molar-refractivity contribution in [3.05, 3.63) is 18.3 Å². The van der Waals surface area contributed by atoms with E-state index < -0.39 is 0 Å². The summed E-state index contributed by atoms with van der Waals surface area (Å²) >= 11 is 0. The molecule has 3 N–H and O–H groups in total. The Kier molecular flexibility index (Phi) is 4.67. The van der Waals surface area contributed by atoms with Crippen LogP contribution in [0.2, 0.25) is 0 Å². The average molecular weight is 251 g/mol. The van der Waals surface area contributed by atoms with Crippen molar-refractivity contribution in [2.45, 2.75) is 33.2 Å². The fourth-order valence-electron chi connectivity index (χ4n) is 1.29. The fourth-order valence-corrected chi connectivity index (χ4v) is 1.29. The Morgan fingerprint density at radius 1 is 1.50 bits per heavy atom. The molecular formula is C13H21N3O2. The number of nitrogens with one attached hydrogen (secondary N) is 1. The molecule has 5 nitrogen and oxygen atoms in total. The van der Waals surface area contributed by atoms with Crippen LogP contribution in [0.25, 0.3) is 0 Å². The predicted molar refractivity (Wildman–Crippen MR) is 71.5 cm³/mol. The number of nitrogens with two attached hydrogens (primary N) is 1. The number of amides is 1. The fraction of sp³-hybridized carbons (Fsp3) is 0.538. The van der Waals surface area contributed by atoms with Gasteiger partial charge in [-0.2, -0.15) is 0 Å². The van der Waals surface area contributed by atoms with Crippen molar-refractivity contribution in [3.8, 4) is 5.88 Å². The summed E-state index contributed by atoms with van der Waals surface area (Å²) in [5.41, 5.74) is 6.51. The first-order chi connectivity index (χ1) is 8.32. The molecule has 0 saturated heterocycles. The Hall–Kier alpha value is -1.62. The van der Waals surface area contributed by atoms with E-state index in [0.717, 1.165) is 0 Å². The van der Waals surface area contributed by atoms with Crippen LogP contribution in [0, 0.1) is 5.41 Å². The summed E-state index contributed by atoms with van der Waals surface area (Å²) in [4.78, 5) is 15.8. The van der Waals surface area contributed by atoms with E-state index in [1.807, 2.05) is 20.8 Å². The van der Waals surface area contributed by atoms with E-state index >= 15 is 0 Å². The van der Waals surface area contributed by atoms with Gasteiger partial charge in [0.25, 0.3) is 0 Å². The number of ether oxygens (including phenoxy) is 1. The lowest BCUT2D eigenvalue weighted by Crippen LogP contribution is -2.38. The molecule has 1 rings (SSSR count). The Balaban J connectivity index is 2.54. The molecule has 0 fully saturated rings. The summed E-state index contributed by atoms with van der Waals surface area (Å²) in [7, 11) is 1.54. The van der Waals surface area contributed by atoms with Crippen molar-refractivity contribution in [2.24, 2.45) is 11.1 Å². The molecule has 0 saturated carbocycles. The highest BCUT2D eigenvalue weighted by Gasteiger charge is 2.23. The van der Waals surface area contributed by atoms with E-state index in [1.54, 1.807) is 25.4 Å². The van der Waals surface area contributed by atoms with E-state index in [0.29, 0.717) is 11.6 Å². The number of anilines is 1. The lowest BCUT2D eigenvalue weighted by atomic mass is 9.85. The molecule has 100 valence electrons. The van der Waals surface area contributed by atoms with E-state index in [-0.39, 0.29) is 23.8 Å². The quantitative estimate of drug-likeness (QED) is 0.855. The topological polar surface area (TPSA) is 77.2 Å². The molecule has 0 radical (unpaired) electrons. The third-order valence-corrected chi connectivity index (χ3v) is 2.75. The summed E-state index contributed by atoms with van der Waals surface area (Å²) in [5.74, 6) is 0.406. The lowest BCUT2D eigenvalue weighted by molar-refractivity contribution is -0.117. The number of carbonyl (C=O) groups excluding carboxylic acids is 1. The van der Waals surface area contributed by atoms with Gasteiger partial charge in [0, 0.05) is 18.5 Å². The van der Waals surface area contributed by atoms with Gasteiger partial charge in [-0.15, -0.1) is 0 Å². The molecule has 0 aliphatic rings. The zero-order valence-corrected chi connectivity index (χ0v) is 11.4. The Morgan fingerprint density at radius 2 is 2.17 bits per heavy atom. The second kappa shape index (κ2) is 5.82. The Morgan fingerprint density at radius 3 is 2.61 bits per heavy atom. The molecule has 1 amide bonds. The standard InChI is InChI=1S/C13H21N3O2/c1-13(2,3)10(14)7-11(17)16-9-5-6-12(18-4)15-8-9/h5-6,8,10H,7,14H2,1-4H3,(H,16,17). The second-order valence-electron chi connectivity index (χ2n) is 5.31. The van der Waals surface area contributed by atoms with Crippen molar-refractivity contribution in [3.63, 3.8) is 0 Å². The van der Waals surface area contributed by atoms with Crippen LogP contribution in [-0.2, 0) is 4.79 Å². The first-order valence-electron chi connectivity index (χ1n) is 5.88. The molecule has 0 aliphatic heterocycles. The molecule has 1 aromatic heterocycles. The first kappa shape index (κ1) is 14.4. The van der Waals surface area contributed by atoms with Crippen LogP contribution in [0.1, 0.15) is 27.2 Å². The van der Waals surface area contributed by atoms with Gasteiger partial charge in [-0.05, 0) is 11.5 Å². The van der Waals surface area contributed by atoms with Crippen LogP contribution < -0.4 is 15.8 Å². The van der Waals surface area contributed by atoms with Crippen LogP contribution in [-0.4, -0.2) is 24.0 Å². The first-order valence-corrected chi connectivity index (χ1v) is 5.88. The van der Waals surface area contributed by atoms with Crippen molar-refractivity contribution in [2.75, 3.05) is 12.4 Å². The van der Waals surface area contributed by atoms with Crippen LogP contribution >= 0.6 is 0 Å². The summed E-state index contributed by atoms with van der Waals surface area (Å²) in [5, 5.41) is 2.76. The van der Waals surface area contributed by atoms with Gasteiger partial charge in [0.1, 0.15) is 0 Å². The van der Waals surface area contributed by atoms with Crippen LogP contribution in [0.15, 0.2) is 18.3 Å². The maximum atomic E-state index is 11.8. The highest BCUT2D eigenvalue weighted by Crippen LogP contribution is 2.20. The zero-order chi connectivity index (χ0) is 13.8. The SMILES string of the molecule is COc1ccc(NC(=O)CC(N)C(C)(C)C)cn1. The van der Waals surface area contributed by atoms with Crippen LogP contribution in [0.3, 0.4) is 0 Å². The van der Waals surface area contributed by atoms with Gasteiger partial charge in [-0.3, -0.25) is 4.79 Å². The minimum Gasteiger partial charge on any atom is -0.481 e. The predicted octanol–water partition coefficient (Wildman–Crippen LogP) is 1.79. The number of carbonyl (C=O) groups is 1. The monoisotopic (exact) mass is 251 g/mol. The van der Waals surface area contributed by atoms with E-state index in [4.69, 9.17) is 10.5 Å². The third-order valence-electron chi connectivity index (χ3n) is 2.75. The molecule has 1 aromatic rings. The molecule has 1 heterocycles. The number of hydrogen-bond acceptors (Lipinski definition) is 4. The molecule has 1 unspecified atom stereocenters. The Bertz CT molecular complexity index is 396. The normalized spacial score (nSPS) is 12.9. The summed E-state index contributed by atoms with van der Waals surface area (Å²) < 4.78 is 4.94. The number of aromatic nitrogens is 1. The average Bonchev–Trinajstić information content (AvgIpc) is 2.28. The molecule has 0 aromatic carbocycles.